The molecule has 0 radical (unpaired) electrons. The Bertz CT molecular complexity index is 1120. The lowest BCUT2D eigenvalue weighted by atomic mass is 10.0. The number of rotatable bonds is 6. The average molecular weight is 390 g/mol. The maximum absolute atomic E-state index is 12.5. The molecule has 2 amide bonds. The summed E-state index contributed by atoms with van der Waals surface area (Å²) < 4.78 is 0. The van der Waals surface area contributed by atoms with Gasteiger partial charge in [-0.25, -0.2) is 5.43 Å². The van der Waals surface area contributed by atoms with Crippen LogP contribution in [-0.4, -0.2) is 22.4 Å². The van der Waals surface area contributed by atoms with Crippen LogP contribution in [0.1, 0.15) is 23.7 Å². The van der Waals surface area contributed by atoms with E-state index in [4.69, 9.17) is 0 Å². The van der Waals surface area contributed by atoms with E-state index in [9.17, 15) is 19.7 Å². The summed E-state index contributed by atoms with van der Waals surface area (Å²) in [6, 6.07) is 18.6. The van der Waals surface area contributed by atoms with Gasteiger partial charge in [-0.05, 0) is 29.8 Å². The van der Waals surface area contributed by atoms with Crippen molar-refractivity contribution in [3.05, 3.63) is 82.4 Å². The van der Waals surface area contributed by atoms with Crippen molar-refractivity contribution in [1.82, 2.24) is 5.43 Å². The minimum atomic E-state index is -0.537. The minimum Gasteiger partial charge on any atom is -0.326 e. The van der Waals surface area contributed by atoms with Gasteiger partial charge in [-0.3, -0.25) is 19.7 Å². The van der Waals surface area contributed by atoms with Gasteiger partial charge in [-0.2, -0.15) is 5.10 Å². The molecule has 3 aromatic carbocycles. The Morgan fingerprint density at radius 3 is 2.55 bits per heavy atom. The maximum Gasteiger partial charge on any atom is 0.271 e. The molecule has 0 heterocycles. The van der Waals surface area contributed by atoms with Gasteiger partial charge in [0.15, 0.2) is 0 Å². The Kier molecular flexibility index (Phi) is 5.94. The van der Waals surface area contributed by atoms with Crippen LogP contribution in [0.2, 0.25) is 0 Å². The number of hydrogen-bond acceptors (Lipinski definition) is 5. The zero-order valence-corrected chi connectivity index (χ0v) is 15.6. The monoisotopic (exact) mass is 390 g/mol. The molecule has 3 aromatic rings. The zero-order valence-electron chi connectivity index (χ0n) is 15.6. The Hall–Kier alpha value is -4.07. The molecule has 0 aliphatic rings. The summed E-state index contributed by atoms with van der Waals surface area (Å²) in [7, 11) is 0. The van der Waals surface area contributed by atoms with Gasteiger partial charge in [0.05, 0.1) is 11.3 Å². The van der Waals surface area contributed by atoms with E-state index in [-0.39, 0.29) is 18.0 Å². The molecule has 0 bridgehead atoms. The molecule has 2 N–H and O–H groups in total. The number of hydrazone groups is 1. The molecular weight excluding hydrogens is 372 g/mol. The number of nitro benzene ring substituents is 1. The van der Waals surface area contributed by atoms with Gasteiger partial charge in [-0.15, -0.1) is 0 Å². The van der Waals surface area contributed by atoms with Gasteiger partial charge < -0.3 is 5.32 Å². The summed E-state index contributed by atoms with van der Waals surface area (Å²) >= 11 is 0. The second-order valence-corrected chi connectivity index (χ2v) is 6.35. The molecule has 0 unspecified atom stereocenters. The first-order valence-corrected chi connectivity index (χ1v) is 8.79. The standard InChI is InChI=1S/C21H18N4O4/c1-14(12-20(26)22-16-8-5-9-17(13-16)25(28)29)23-24-21(27)19-11-4-7-15-6-2-3-10-18(15)19/h2-11,13H,12H2,1H3,(H,22,26)(H,24,27)/b23-14-. The van der Waals surface area contributed by atoms with Crippen molar-refractivity contribution in [3.8, 4) is 0 Å². The number of benzene rings is 3. The molecule has 0 aliphatic carbocycles. The summed E-state index contributed by atoms with van der Waals surface area (Å²) in [5.74, 6) is -0.772. The van der Waals surface area contributed by atoms with Crippen molar-refractivity contribution in [2.45, 2.75) is 13.3 Å². The average Bonchev–Trinajstić information content (AvgIpc) is 2.71. The highest BCUT2D eigenvalue weighted by Crippen LogP contribution is 2.19. The molecule has 29 heavy (non-hydrogen) atoms. The van der Waals surface area contributed by atoms with Crippen LogP contribution < -0.4 is 10.7 Å². The number of nitrogens with one attached hydrogen (secondary N) is 2. The van der Waals surface area contributed by atoms with Gasteiger partial charge in [0.25, 0.3) is 11.6 Å². The lowest BCUT2D eigenvalue weighted by Crippen LogP contribution is -2.21. The van der Waals surface area contributed by atoms with Crippen molar-refractivity contribution in [2.24, 2.45) is 5.10 Å². The third-order valence-electron chi connectivity index (χ3n) is 4.14. The van der Waals surface area contributed by atoms with Crippen LogP contribution in [0.25, 0.3) is 10.8 Å². The third kappa shape index (κ3) is 5.01. The van der Waals surface area contributed by atoms with Gasteiger partial charge in [0, 0.05) is 29.1 Å². The van der Waals surface area contributed by atoms with Gasteiger partial charge in [-0.1, -0.05) is 42.5 Å². The van der Waals surface area contributed by atoms with Crippen molar-refractivity contribution in [1.29, 1.82) is 0 Å². The van der Waals surface area contributed by atoms with E-state index in [1.807, 2.05) is 30.3 Å². The zero-order chi connectivity index (χ0) is 20.8. The van der Waals surface area contributed by atoms with Crippen LogP contribution in [-0.2, 0) is 4.79 Å². The van der Waals surface area contributed by atoms with Crippen LogP contribution in [0.5, 0.6) is 0 Å². The fourth-order valence-corrected chi connectivity index (χ4v) is 2.80. The normalized spacial score (nSPS) is 11.1. The van der Waals surface area contributed by atoms with E-state index >= 15 is 0 Å². The summed E-state index contributed by atoms with van der Waals surface area (Å²) in [5.41, 5.74) is 3.54. The summed E-state index contributed by atoms with van der Waals surface area (Å²) in [5, 5.41) is 19.1. The number of amides is 2. The molecule has 0 fully saturated rings. The second-order valence-electron chi connectivity index (χ2n) is 6.35. The van der Waals surface area contributed by atoms with E-state index in [0.717, 1.165) is 10.8 Å². The van der Waals surface area contributed by atoms with Gasteiger partial charge in [0.2, 0.25) is 5.91 Å². The van der Waals surface area contributed by atoms with Crippen molar-refractivity contribution >= 4 is 39.7 Å². The number of carbonyl (C=O) groups is 2. The van der Waals surface area contributed by atoms with Crippen LogP contribution in [0.15, 0.2) is 71.8 Å². The fourth-order valence-electron chi connectivity index (χ4n) is 2.80. The van der Waals surface area contributed by atoms with E-state index < -0.39 is 10.8 Å². The molecule has 146 valence electrons. The van der Waals surface area contributed by atoms with Gasteiger partial charge >= 0.3 is 0 Å². The van der Waals surface area contributed by atoms with E-state index in [1.165, 1.54) is 18.2 Å². The first-order chi connectivity index (χ1) is 13.9. The number of anilines is 1. The van der Waals surface area contributed by atoms with E-state index in [2.05, 4.69) is 15.8 Å². The number of fused-ring (bicyclic) bond motifs is 1. The van der Waals surface area contributed by atoms with E-state index in [1.54, 1.807) is 25.1 Å². The Balaban J connectivity index is 1.62. The lowest BCUT2D eigenvalue weighted by molar-refractivity contribution is -0.384. The Morgan fingerprint density at radius 1 is 1.03 bits per heavy atom. The second kappa shape index (κ2) is 8.75. The highest BCUT2D eigenvalue weighted by atomic mass is 16.6. The first-order valence-electron chi connectivity index (χ1n) is 8.79. The van der Waals surface area contributed by atoms with Crippen molar-refractivity contribution < 1.29 is 14.5 Å². The molecule has 0 aliphatic heterocycles. The van der Waals surface area contributed by atoms with E-state index in [0.29, 0.717) is 17.0 Å². The number of nitro groups is 1. The summed E-state index contributed by atoms with van der Waals surface area (Å²) in [4.78, 5) is 34.8. The molecule has 0 saturated heterocycles. The molecule has 0 spiro atoms. The molecule has 0 aromatic heterocycles. The smallest absolute Gasteiger partial charge is 0.271 e. The highest BCUT2D eigenvalue weighted by Gasteiger charge is 2.11. The highest BCUT2D eigenvalue weighted by molar-refractivity contribution is 6.08. The third-order valence-corrected chi connectivity index (χ3v) is 4.14. The van der Waals surface area contributed by atoms with Gasteiger partial charge in [0.1, 0.15) is 0 Å². The molecule has 8 heteroatoms. The topological polar surface area (TPSA) is 114 Å². The molecule has 0 saturated carbocycles. The van der Waals surface area contributed by atoms with Crippen molar-refractivity contribution in [3.63, 3.8) is 0 Å². The number of non-ortho nitro benzene ring substituents is 1. The quantitative estimate of drug-likeness (QED) is 0.378. The summed E-state index contributed by atoms with van der Waals surface area (Å²) in [6.45, 7) is 1.61. The Labute approximate surface area is 166 Å². The fraction of sp³-hybridized carbons (Fsp3) is 0.0952. The predicted molar refractivity (Wildman–Crippen MR) is 111 cm³/mol. The van der Waals surface area contributed by atoms with Crippen LogP contribution in [0.3, 0.4) is 0 Å². The Morgan fingerprint density at radius 2 is 1.76 bits per heavy atom. The SMILES string of the molecule is C/C(CC(=O)Nc1cccc([N+](=O)[O-])c1)=N/NC(=O)c1cccc2ccccc12. The largest absolute Gasteiger partial charge is 0.326 e. The minimum absolute atomic E-state index is 0.0709. The molecule has 0 atom stereocenters. The lowest BCUT2D eigenvalue weighted by Gasteiger charge is -2.07. The number of nitrogens with zero attached hydrogens (tertiary/aromatic N) is 2. The predicted octanol–water partition coefficient (Wildman–Crippen LogP) is 3.88. The first kappa shape index (κ1) is 19.7. The molecule has 3 rings (SSSR count). The van der Waals surface area contributed by atoms with Crippen LogP contribution in [0.4, 0.5) is 11.4 Å². The summed E-state index contributed by atoms with van der Waals surface area (Å²) in [6.07, 6.45) is -0.0709. The molecular formula is C21H18N4O4. The van der Waals surface area contributed by atoms with Crippen LogP contribution >= 0.6 is 0 Å². The molecule has 8 nitrogen and oxygen atoms in total. The number of carbonyl (C=O) groups excluding carboxylic acids is 2. The van der Waals surface area contributed by atoms with Crippen molar-refractivity contribution in [2.75, 3.05) is 5.32 Å². The number of hydrogen-bond donors (Lipinski definition) is 2. The maximum atomic E-state index is 12.5. The van der Waals surface area contributed by atoms with Crippen LogP contribution in [0, 0.1) is 10.1 Å².